The molecule has 0 unspecified atom stereocenters. The van der Waals surface area contributed by atoms with Crippen LogP contribution >= 0.6 is 0 Å². The van der Waals surface area contributed by atoms with Crippen LogP contribution in [0.15, 0.2) is 24.3 Å². The molecule has 0 bridgehead atoms. The Hall–Kier alpha value is -1.55. The zero-order chi connectivity index (χ0) is 14.3. The molecule has 0 aliphatic heterocycles. The van der Waals surface area contributed by atoms with Gasteiger partial charge in [-0.1, -0.05) is 19.1 Å². The highest BCUT2D eigenvalue weighted by Gasteiger charge is 2.09. The molecule has 4 heteroatoms. The highest BCUT2D eigenvalue weighted by molar-refractivity contribution is 5.67. The number of anilines is 1. The number of hydrogen-bond donors (Lipinski definition) is 1. The smallest absolute Gasteiger partial charge is 0.305 e. The molecule has 1 rings (SSSR count). The summed E-state index contributed by atoms with van der Waals surface area (Å²) in [5, 5.41) is 8.83. The fourth-order valence-electron chi connectivity index (χ4n) is 1.86. The fourth-order valence-corrected chi connectivity index (χ4v) is 1.86. The van der Waals surface area contributed by atoms with Crippen molar-refractivity contribution in [2.45, 2.75) is 19.8 Å². The Kier molecular flexibility index (Phi) is 6.36. The SMILES string of the molecule is CCc1ccc(N(CCC(=O)O)CCN(C)C)cc1. The maximum atomic E-state index is 10.7. The van der Waals surface area contributed by atoms with E-state index in [1.807, 2.05) is 14.1 Å². The largest absolute Gasteiger partial charge is 0.481 e. The number of rotatable bonds is 8. The molecule has 19 heavy (non-hydrogen) atoms. The predicted molar refractivity (Wildman–Crippen MR) is 78.8 cm³/mol. The van der Waals surface area contributed by atoms with E-state index in [-0.39, 0.29) is 6.42 Å². The summed E-state index contributed by atoms with van der Waals surface area (Å²) in [5.74, 6) is -0.750. The first-order chi connectivity index (χ1) is 9.02. The minimum Gasteiger partial charge on any atom is -0.481 e. The van der Waals surface area contributed by atoms with Gasteiger partial charge in [0.05, 0.1) is 6.42 Å². The van der Waals surface area contributed by atoms with Gasteiger partial charge >= 0.3 is 5.97 Å². The van der Waals surface area contributed by atoms with E-state index >= 15 is 0 Å². The zero-order valence-corrected chi connectivity index (χ0v) is 12.1. The van der Waals surface area contributed by atoms with E-state index in [0.717, 1.165) is 25.2 Å². The third-order valence-corrected chi connectivity index (χ3v) is 3.12. The van der Waals surface area contributed by atoms with Gasteiger partial charge in [0.25, 0.3) is 0 Å². The maximum absolute atomic E-state index is 10.7. The predicted octanol–water partition coefficient (Wildman–Crippen LogP) is 2.09. The Morgan fingerprint density at radius 1 is 1.11 bits per heavy atom. The second-order valence-corrected chi connectivity index (χ2v) is 4.95. The number of aliphatic carboxylic acids is 1. The molecular weight excluding hydrogens is 240 g/mol. The van der Waals surface area contributed by atoms with Crippen LogP contribution < -0.4 is 4.90 Å². The minimum absolute atomic E-state index is 0.170. The molecule has 0 radical (unpaired) electrons. The van der Waals surface area contributed by atoms with E-state index in [1.165, 1.54) is 5.56 Å². The van der Waals surface area contributed by atoms with Crippen LogP contribution in [-0.4, -0.2) is 49.7 Å². The topological polar surface area (TPSA) is 43.8 Å². The van der Waals surface area contributed by atoms with E-state index in [0.29, 0.717) is 6.54 Å². The molecule has 0 amide bonds. The minimum atomic E-state index is -0.750. The van der Waals surface area contributed by atoms with Crippen molar-refractivity contribution in [2.24, 2.45) is 0 Å². The Balaban J connectivity index is 2.71. The average Bonchev–Trinajstić information content (AvgIpc) is 2.38. The van der Waals surface area contributed by atoms with Gasteiger partial charge in [-0.15, -0.1) is 0 Å². The first-order valence-electron chi connectivity index (χ1n) is 6.73. The summed E-state index contributed by atoms with van der Waals surface area (Å²) in [6.07, 6.45) is 1.19. The summed E-state index contributed by atoms with van der Waals surface area (Å²) < 4.78 is 0. The Morgan fingerprint density at radius 2 is 1.74 bits per heavy atom. The standard InChI is InChI=1S/C15H24N2O2/c1-4-13-5-7-14(8-6-13)17(10-9-15(18)19)12-11-16(2)3/h5-8H,4,9-12H2,1-3H3,(H,18,19). The van der Waals surface area contributed by atoms with Gasteiger partial charge in [0, 0.05) is 25.3 Å². The van der Waals surface area contributed by atoms with Crippen molar-refractivity contribution in [1.29, 1.82) is 0 Å². The molecule has 0 spiro atoms. The Labute approximate surface area is 115 Å². The van der Waals surface area contributed by atoms with E-state index in [4.69, 9.17) is 5.11 Å². The van der Waals surface area contributed by atoms with E-state index < -0.39 is 5.97 Å². The number of aryl methyl sites for hydroxylation is 1. The van der Waals surface area contributed by atoms with Crippen molar-refractivity contribution in [2.75, 3.05) is 38.6 Å². The van der Waals surface area contributed by atoms with Gasteiger partial charge in [-0.25, -0.2) is 0 Å². The van der Waals surface area contributed by atoms with E-state index in [9.17, 15) is 4.79 Å². The molecule has 0 aliphatic carbocycles. The third kappa shape index (κ3) is 5.75. The highest BCUT2D eigenvalue weighted by atomic mass is 16.4. The molecule has 0 heterocycles. The fraction of sp³-hybridized carbons (Fsp3) is 0.533. The average molecular weight is 264 g/mol. The van der Waals surface area contributed by atoms with Crippen molar-refractivity contribution in [1.82, 2.24) is 4.90 Å². The number of carbonyl (C=O) groups is 1. The van der Waals surface area contributed by atoms with Gasteiger partial charge < -0.3 is 14.9 Å². The summed E-state index contributed by atoms with van der Waals surface area (Å²) in [5.41, 5.74) is 2.40. The highest BCUT2D eigenvalue weighted by Crippen LogP contribution is 2.16. The lowest BCUT2D eigenvalue weighted by atomic mass is 10.1. The van der Waals surface area contributed by atoms with E-state index in [2.05, 4.69) is 41.0 Å². The zero-order valence-electron chi connectivity index (χ0n) is 12.1. The number of carboxylic acids is 1. The van der Waals surface area contributed by atoms with Crippen LogP contribution in [0.5, 0.6) is 0 Å². The monoisotopic (exact) mass is 264 g/mol. The molecule has 0 aliphatic rings. The molecule has 0 saturated heterocycles. The second kappa shape index (κ2) is 7.79. The summed E-state index contributed by atoms with van der Waals surface area (Å²) in [4.78, 5) is 15.0. The van der Waals surface area contributed by atoms with E-state index in [1.54, 1.807) is 0 Å². The molecular formula is C15H24N2O2. The van der Waals surface area contributed by atoms with Crippen molar-refractivity contribution in [3.8, 4) is 0 Å². The third-order valence-electron chi connectivity index (χ3n) is 3.12. The Bertz CT molecular complexity index is 388. The summed E-state index contributed by atoms with van der Waals surface area (Å²) >= 11 is 0. The van der Waals surface area contributed by atoms with Crippen LogP contribution in [0.25, 0.3) is 0 Å². The van der Waals surface area contributed by atoms with Crippen molar-refractivity contribution >= 4 is 11.7 Å². The molecule has 1 N–H and O–H groups in total. The number of likely N-dealkylation sites (N-methyl/N-ethyl adjacent to an activating group) is 1. The van der Waals surface area contributed by atoms with Gasteiger partial charge in [-0.2, -0.15) is 0 Å². The molecule has 106 valence electrons. The lowest BCUT2D eigenvalue weighted by Crippen LogP contribution is -2.33. The number of benzene rings is 1. The van der Waals surface area contributed by atoms with Gasteiger partial charge in [0.1, 0.15) is 0 Å². The van der Waals surface area contributed by atoms with Crippen LogP contribution in [0.3, 0.4) is 0 Å². The summed E-state index contributed by atoms with van der Waals surface area (Å²) in [6.45, 7) is 4.43. The second-order valence-electron chi connectivity index (χ2n) is 4.95. The molecule has 1 aromatic rings. The molecule has 0 aromatic heterocycles. The quantitative estimate of drug-likeness (QED) is 0.781. The first kappa shape index (κ1) is 15.5. The lowest BCUT2D eigenvalue weighted by molar-refractivity contribution is -0.136. The normalized spacial score (nSPS) is 10.7. The van der Waals surface area contributed by atoms with Gasteiger partial charge in [0.15, 0.2) is 0 Å². The lowest BCUT2D eigenvalue weighted by Gasteiger charge is -2.26. The van der Waals surface area contributed by atoms with Crippen molar-refractivity contribution < 1.29 is 9.90 Å². The van der Waals surface area contributed by atoms with Crippen LogP contribution in [0.2, 0.25) is 0 Å². The number of nitrogens with zero attached hydrogens (tertiary/aromatic N) is 2. The van der Waals surface area contributed by atoms with Crippen molar-refractivity contribution in [3.05, 3.63) is 29.8 Å². The summed E-state index contributed by atoms with van der Waals surface area (Å²) in [7, 11) is 4.05. The van der Waals surface area contributed by atoms with Gasteiger partial charge in [-0.3, -0.25) is 4.79 Å². The van der Waals surface area contributed by atoms with Crippen LogP contribution in [0, 0.1) is 0 Å². The van der Waals surface area contributed by atoms with Gasteiger partial charge in [-0.05, 0) is 38.2 Å². The maximum Gasteiger partial charge on any atom is 0.305 e. The van der Waals surface area contributed by atoms with Crippen LogP contribution in [0.4, 0.5) is 5.69 Å². The van der Waals surface area contributed by atoms with Gasteiger partial charge in [0.2, 0.25) is 0 Å². The number of hydrogen-bond acceptors (Lipinski definition) is 3. The molecule has 1 aromatic carbocycles. The molecule has 0 saturated carbocycles. The first-order valence-corrected chi connectivity index (χ1v) is 6.73. The Morgan fingerprint density at radius 3 is 2.21 bits per heavy atom. The molecule has 4 nitrogen and oxygen atoms in total. The number of carboxylic acid groups (broad SMARTS) is 1. The van der Waals surface area contributed by atoms with Crippen LogP contribution in [-0.2, 0) is 11.2 Å². The van der Waals surface area contributed by atoms with Crippen LogP contribution in [0.1, 0.15) is 18.9 Å². The molecule has 0 fully saturated rings. The summed E-state index contributed by atoms with van der Waals surface area (Å²) in [6, 6.07) is 8.38. The molecule has 0 atom stereocenters. The van der Waals surface area contributed by atoms with Crippen molar-refractivity contribution in [3.63, 3.8) is 0 Å².